The third kappa shape index (κ3) is 5.14. The quantitative estimate of drug-likeness (QED) is 0.365. The Morgan fingerprint density at radius 3 is 2.51 bits per heavy atom. The van der Waals surface area contributed by atoms with Crippen molar-refractivity contribution in [1.82, 2.24) is 20.8 Å². The molecule has 1 aromatic heterocycles. The SMILES string of the molecule is CC(C)C[C@H](NC(=O)[C@@H](NC(=O)c1cc(-c2ccccc2)n[nH]1)[C@@H](C)O)B1O[C@@H]2C[C@H]3C[C@H](C3(C)C)[C@]2(C)O1. The summed E-state index contributed by atoms with van der Waals surface area (Å²) < 4.78 is 13.1. The second-order valence-electron chi connectivity index (χ2n) is 12.8. The average Bonchev–Trinajstić information content (AvgIpc) is 3.51. The highest BCUT2D eigenvalue weighted by Gasteiger charge is 2.68. The molecule has 1 aliphatic heterocycles. The number of nitrogens with zero attached hydrogens (tertiary/aromatic N) is 1. The molecule has 7 atom stereocenters. The van der Waals surface area contributed by atoms with Crippen LogP contribution in [0.4, 0.5) is 0 Å². The van der Waals surface area contributed by atoms with Gasteiger partial charge in [-0.2, -0.15) is 5.10 Å². The van der Waals surface area contributed by atoms with Gasteiger partial charge in [0.05, 0.1) is 29.4 Å². The molecule has 3 aliphatic carbocycles. The number of aromatic nitrogens is 2. The van der Waals surface area contributed by atoms with Crippen molar-refractivity contribution in [3.05, 3.63) is 42.1 Å². The molecule has 0 spiro atoms. The van der Waals surface area contributed by atoms with Gasteiger partial charge < -0.3 is 25.0 Å². The van der Waals surface area contributed by atoms with Crippen molar-refractivity contribution in [1.29, 1.82) is 0 Å². The van der Waals surface area contributed by atoms with Crippen molar-refractivity contribution in [3.8, 4) is 11.3 Å². The third-order valence-electron chi connectivity index (χ3n) is 9.29. The minimum atomic E-state index is -1.17. The number of hydrogen-bond donors (Lipinski definition) is 4. The maximum absolute atomic E-state index is 13.5. The van der Waals surface area contributed by atoms with E-state index in [4.69, 9.17) is 9.31 Å². The number of benzene rings is 1. The van der Waals surface area contributed by atoms with E-state index in [1.165, 1.54) is 6.92 Å². The number of aliphatic hydroxyl groups excluding tert-OH is 1. The predicted octanol–water partition coefficient (Wildman–Crippen LogP) is 3.35. The molecule has 4 aliphatic rings. The number of aromatic amines is 1. The van der Waals surface area contributed by atoms with Crippen molar-refractivity contribution >= 4 is 18.9 Å². The lowest BCUT2D eigenvalue weighted by molar-refractivity contribution is -0.199. The summed E-state index contributed by atoms with van der Waals surface area (Å²) in [6.07, 6.45) is 1.62. The van der Waals surface area contributed by atoms with E-state index in [1.807, 2.05) is 30.3 Å². The first-order chi connectivity index (χ1) is 18.4. The van der Waals surface area contributed by atoms with Crippen LogP contribution >= 0.6 is 0 Å². The fourth-order valence-corrected chi connectivity index (χ4v) is 6.91. The molecule has 0 unspecified atom stereocenters. The number of hydrogen-bond acceptors (Lipinski definition) is 6. The number of rotatable bonds is 9. The first kappa shape index (κ1) is 27.9. The molecule has 210 valence electrons. The molecule has 2 aromatic rings. The van der Waals surface area contributed by atoms with Gasteiger partial charge in [0.2, 0.25) is 5.91 Å². The summed E-state index contributed by atoms with van der Waals surface area (Å²) >= 11 is 0. The Labute approximate surface area is 231 Å². The van der Waals surface area contributed by atoms with E-state index in [1.54, 1.807) is 6.07 Å². The Morgan fingerprint density at radius 2 is 1.87 bits per heavy atom. The van der Waals surface area contributed by atoms with Crippen molar-refractivity contribution < 1.29 is 24.0 Å². The van der Waals surface area contributed by atoms with Crippen LogP contribution in [0.5, 0.6) is 0 Å². The zero-order valence-corrected chi connectivity index (χ0v) is 23.7. The Kier molecular flexibility index (Phi) is 7.41. The largest absolute Gasteiger partial charge is 0.481 e. The van der Waals surface area contributed by atoms with Gasteiger partial charge in [-0.05, 0) is 62.3 Å². The maximum Gasteiger partial charge on any atom is 0.481 e. The summed E-state index contributed by atoms with van der Waals surface area (Å²) in [4.78, 5) is 26.5. The molecule has 39 heavy (non-hydrogen) atoms. The first-order valence-electron chi connectivity index (χ1n) is 14.1. The van der Waals surface area contributed by atoms with Crippen molar-refractivity contribution in [2.45, 2.75) is 90.6 Å². The number of nitrogens with one attached hydrogen (secondary N) is 3. The van der Waals surface area contributed by atoms with Gasteiger partial charge in [-0.25, -0.2) is 0 Å². The summed E-state index contributed by atoms with van der Waals surface area (Å²) in [6, 6.07) is 9.94. The van der Waals surface area contributed by atoms with Crippen molar-refractivity contribution in [3.63, 3.8) is 0 Å². The molecule has 2 heterocycles. The highest BCUT2D eigenvalue weighted by molar-refractivity contribution is 6.48. The Hall–Kier alpha value is -2.69. The van der Waals surface area contributed by atoms with Crippen molar-refractivity contribution in [2.24, 2.45) is 23.2 Å². The van der Waals surface area contributed by atoms with E-state index in [-0.39, 0.29) is 23.1 Å². The van der Waals surface area contributed by atoms with E-state index in [0.29, 0.717) is 24.0 Å². The number of amides is 2. The fraction of sp³-hybridized carbons (Fsp3) is 0.621. The van der Waals surface area contributed by atoms with Gasteiger partial charge in [0.15, 0.2) is 0 Å². The topological polar surface area (TPSA) is 126 Å². The summed E-state index contributed by atoms with van der Waals surface area (Å²) in [6.45, 7) is 12.4. The molecule has 4 N–H and O–H groups in total. The lowest BCUT2D eigenvalue weighted by Crippen LogP contribution is -2.65. The highest BCUT2D eigenvalue weighted by atomic mass is 16.7. The third-order valence-corrected chi connectivity index (χ3v) is 9.29. The molecule has 0 radical (unpaired) electrons. The van der Waals surface area contributed by atoms with Gasteiger partial charge in [0.25, 0.3) is 5.91 Å². The monoisotopic (exact) mass is 536 g/mol. The summed E-state index contributed by atoms with van der Waals surface area (Å²) in [5, 5.41) is 23.1. The summed E-state index contributed by atoms with van der Waals surface area (Å²) in [7, 11) is -0.590. The molecule has 9 nitrogen and oxygen atoms in total. The molecule has 1 saturated heterocycles. The van der Waals surface area contributed by atoms with Gasteiger partial charge in [0, 0.05) is 5.56 Å². The minimum Gasteiger partial charge on any atom is -0.404 e. The van der Waals surface area contributed by atoms with Crippen LogP contribution in [0.1, 0.15) is 71.3 Å². The molecule has 1 aromatic carbocycles. The zero-order valence-electron chi connectivity index (χ0n) is 23.7. The lowest BCUT2D eigenvalue weighted by Gasteiger charge is -2.64. The summed E-state index contributed by atoms with van der Waals surface area (Å²) in [5.74, 6) is -0.127. The van der Waals surface area contributed by atoms with E-state index >= 15 is 0 Å². The van der Waals surface area contributed by atoms with Crippen LogP contribution in [-0.2, 0) is 14.1 Å². The maximum atomic E-state index is 13.5. The lowest BCUT2D eigenvalue weighted by atomic mass is 9.43. The van der Waals surface area contributed by atoms with Gasteiger partial charge in [-0.3, -0.25) is 14.7 Å². The molecular weight excluding hydrogens is 495 g/mol. The molecule has 10 heteroatoms. The predicted molar refractivity (Wildman–Crippen MR) is 148 cm³/mol. The Morgan fingerprint density at radius 1 is 1.15 bits per heavy atom. The smallest absolute Gasteiger partial charge is 0.404 e. The van der Waals surface area contributed by atoms with E-state index < -0.39 is 42.6 Å². The van der Waals surface area contributed by atoms with Crippen LogP contribution in [0, 0.1) is 23.2 Å². The van der Waals surface area contributed by atoms with Crippen LogP contribution in [0.3, 0.4) is 0 Å². The zero-order chi connectivity index (χ0) is 28.1. The molecular formula is C29H41BN4O5. The van der Waals surface area contributed by atoms with Crippen LogP contribution in [0.25, 0.3) is 11.3 Å². The van der Waals surface area contributed by atoms with E-state index in [0.717, 1.165) is 18.4 Å². The Balaban J connectivity index is 1.27. The number of H-pyrrole nitrogens is 1. The fourth-order valence-electron chi connectivity index (χ4n) is 6.91. The molecule has 2 bridgehead atoms. The van der Waals surface area contributed by atoms with Gasteiger partial charge in [-0.15, -0.1) is 0 Å². The van der Waals surface area contributed by atoms with Crippen LogP contribution in [0.2, 0.25) is 0 Å². The van der Waals surface area contributed by atoms with Crippen LogP contribution < -0.4 is 10.6 Å². The van der Waals surface area contributed by atoms with E-state index in [9.17, 15) is 14.7 Å². The Bertz CT molecular complexity index is 1200. The van der Waals surface area contributed by atoms with Crippen molar-refractivity contribution in [2.75, 3.05) is 0 Å². The standard InChI is InChI=1S/C29H41BN4O5/c1-16(2)12-24(30-38-23-14-19-13-22(28(19,4)5)29(23,6)39-30)31-27(37)25(17(3)35)32-26(36)21-15-20(33-34-21)18-10-8-7-9-11-18/h7-11,15-17,19,22-25,35H,12-14H2,1-6H3,(H,31,37)(H,32,36)(H,33,34)/t17-,19-,22-,23-,24+,25+,29+/m1/s1. The number of aliphatic hydroxyl groups is 1. The minimum absolute atomic E-state index is 0.00251. The molecule has 6 rings (SSSR count). The van der Waals surface area contributed by atoms with Gasteiger partial charge >= 0.3 is 7.12 Å². The first-order valence-corrected chi connectivity index (χ1v) is 14.1. The second-order valence-corrected chi connectivity index (χ2v) is 12.8. The van der Waals surface area contributed by atoms with E-state index in [2.05, 4.69) is 55.4 Å². The summed E-state index contributed by atoms with van der Waals surface area (Å²) in [5.41, 5.74) is 1.50. The number of carbonyl (C=O) groups is 2. The second kappa shape index (κ2) is 10.4. The normalized spacial score (nSPS) is 29.2. The molecule has 4 fully saturated rings. The van der Waals surface area contributed by atoms with Gasteiger partial charge in [-0.1, -0.05) is 58.0 Å². The molecule has 2 amide bonds. The van der Waals surface area contributed by atoms with Crippen LogP contribution in [-0.4, -0.2) is 64.0 Å². The highest BCUT2D eigenvalue weighted by Crippen LogP contribution is 2.65. The van der Waals surface area contributed by atoms with Crippen LogP contribution in [0.15, 0.2) is 36.4 Å². The van der Waals surface area contributed by atoms with Gasteiger partial charge in [0.1, 0.15) is 11.7 Å². The average molecular weight is 536 g/mol. The molecule has 3 saturated carbocycles. The number of carbonyl (C=O) groups excluding carboxylic acids is 2.